The van der Waals surface area contributed by atoms with Crippen LogP contribution in [0.25, 0.3) is 11.2 Å². The first-order valence-corrected chi connectivity index (χ1v) is 10.9. The van der Waals surface area contributed by atoms with Gasteiger partial charge in [0.15, 0.2) is 11.9 Å². The predicted molar refractivity (Wildman–Crippen MR) is 102 cm³/mol. The smallest absolute Gasteiger partial charge is 0.388 e. The van der Waals surface area contributed by atoms with Gasteiger partial charge in [-0.3, -0.25) is 4.57 Å². The minimum absolute atomic E-state index is 0.00775. The molecular weight excluding hydrogens is 401 g/mol. The Morgan fingerprint density at radius 2 is 2.07 bits per heavy atom. The van der Waals surface area contributed by atoms with E-state index in [-0.39, 0.29) is 29.5 Å². The van der Waals surface area contributed by atoms with Crippen LogP contribution < -0.4 is 10.5 Å². The number of hydrogen-bond acceptors (Lipinski definition) is 9. The van der Waals surface area contributed by atoms with Crippen molar-refractivity contribution >= 4 is 25.0 Å². The summed E-state index contributed by atoms with van der Waals surface area (Å²) in [6.07, 6.45) is -0.337. The lowest BCUT2D eigenvalue weighted by Crippen LogP contribution is -2.35. The van der Waals surface area contributed by atoms with Crippen LogP contribution in [0, 0.1) is 0 Å². The number of aliphatic hydroxyl groups excluding tert-OH is 2. The van der Waals surface area contributed by atoms with Gasteiger partial charge in [0.25, 0.3) is 12.1 Å². The molecule has 12 heteroatoms. The van der Waals surface area contributed by atoms with Crippen LogP contribution >= 0.6 is 8.03 Å². The molecule has 3 rings (SSSR count). The molecule has 2 aromatic rings. The molecule has 7 atom stereocenters. The van der Waals surface area contributed by atoms with Gasteiger partial charge in [-0.2, -0.15) is 0 Å². The standard InChI is InChI=1S/C17H27N5O6P/c1-4-9(3)29(26)28-10(5-2)6-11-13(23)14(24)17(27-11)21-7-19-12-15(18)22(25)8-20-16(12)21/h7-11,13-14,17-18,23-25H,4-6H2,1-3H3/q+1/p+1/t9?,10?,11-,13-,14-,17+/m1/s1. The zero-order valence-electron chi connectivity index (χ0n) is 16.6. The second-order valence-corrected chi connectivity index (χ2v) is 8.92. The number of aromatic nitrogens is 4. The Morgan fingerprint density at radius 3 is 2.72 bits per heavy atom. The van der Waals surface area contributed by atoms with Crippen molar-refractivity contribution in [1.82, 2.24) is 14.5 Å². The van der Waals surface area contributed by atoms with Gasteiger partial charge in [0.2, 0.25) is 11.2 Å². The Labute approximate surface area is 168 Å². The summed E-state index contributed by atoms with van der Waals surface area (Å²) in [5.41, 5.74) is 6.26. The highest BCUT2D eigenvalue weighted by Crippen LogP contribution is 2.38. The van der Waals surface area contributed by atoms with E-state index >= 15 is 0 Å². The molecule has 160 valence electrons. The van der Waals surface area contributed by atoms with Crippen LogP contribution in [-0.4, -0.2) is 60.0 Å². The van der Waals surface area contributed by atoms with Gasteiger partial charge in [-0.05, 0) is 24.3 Å². The van der Waals surface area contributed by atoms with Crippen molar-refractivity contribution in [2.75, 3.05) is 5.73 Å². The minimum Gasteiger partial charge on any atom is -0.388 e. The molecule has 1 aliphatic rings. The van der Waals surface area contributed by atoms with Crippen LogP contribution in [0.5, 0.6) is 0 Å². The maximum atomic E-state index is 12.2. The summed E-state index contributed by atoms with van der Waals surface area (Å²) in [5.74, 6) is -0.00775. The third-order valence-corrected chi connectivity index (χ3v) is 6.90. The number of rotatable bonds is 8. The molecule has 0 amide bonds. The van der Waals surface area contributed by atoms with Crippen molar-refractivity contribution in [3.63, 3.8) is 0 Å². The van der Waals surface area contributed by atoms with Crippen molar-refractivity contribution in [2.24, 2.45) is 0 Å². The fourth-order valence-corrected chi connectivity index (χ4v) is 4.26. The van der Waals surface area contributed by atoms with E-state index in [4.69, 9.17) is 15.0 Å². The summed E-state index contributed by atoms with van der Waals surface area (Å²) in [5, 5.41) is 30.7. The molecule has 5 N–H and O–H groups in total. The molecule has 0 spiro atoms. The Bertz CT molecular complexity index is 879. The van der Waals surface area contributed by atoms with Gasteiger partial charge in [-0.15, -0.1) is 4.52 Å². The van der Waals surface area contributed by atoms with Crippen LogP contribution in [0.15, 0.2) is 12.7 Å². The average Bonchev–Trinajstić information content (AvgIpc) is 3.26. The summed E-state index contributed by atoms with van der Waals surface area (Å²) >= 11 is 0. The summed E-state index contributed by atoms with van der Waals surface area (Å²) in [6, 6.07) is 0. The summed E-state index contributed by atoms with van der Waals surface area (Å²) in [4.78, 5) is 8.19. The van der Waals surface area contributed by atoms with Crippen LogP contribution in [-0.2, 0) is 13.8 Å². The van der Waals surface area contributed by atoms with Crippen molar-refractivity contribution in [3.8, 4) is 0 Å². The summed E-state index contributed by atoms with van der Waals surface area (Å²) in [6.45, 7) is 5.71. The molecule has 3 heterocycles. The Kier molecular flexibility index (Phi) is 6.65. The van der Waals surface area contributed by atoms with Crippen molar-refractivity contribution < 1.29 is 34.0 Å². The topological polar surface area (TPSA) is 157 Å². The molecule has 1 saturated heterocycles. The van der Waals surface area contributed by atoms with E-state index < -0.39 is 32.6 Å². The minimum atomic E-state index is -1.83. The molecule has 1 fully saturated rings. The molecule has 0 saturated carbocycles. The Hall–Kier alpha value is -1.91. The molecule has 0 aliphatic carbocycles. The fraction of sp³-hybridized carbons (Fsp3) is 0.706. The largest absolute Gasteiger partial charge is 0.511 e. The number of nitrogens with zero attached hydrogens (tertiary/aromatic N) is 4. The first kappa shape index (κ1) is 21.8. The third kappa shape index (κ3) is 4.19. The quantitative estimate of drug-likeness (QED) is 0.272. The molecular formula is C17H28N5O6P+2. The van der Waals surface area contributed by atoms with Gasteiger partial charge in [-0.25, -0.2) is 4.98 Å². The number of fused-ring (bicyclic) bond motifs is 1. The lowest BCUT2D eigenvalue weighted by Gasteiger charge is -2.18. The molecule has 2 aromatic heterocycles. The molecule has 11 nitrogen and oxygen atoms in total. The number of aliphatic hydroxyl groups is 2. The molecule has 3 unspecified atom stereocenters. The maximum absolute atomic E-state index is 12.2. The van der Waals surface area contributed by atoms with Gasteiger partial charge >= 0.3 is 8.03 Å². The molecule has 0 radical (unpaired) electrons. The van der Waals surface area contributed by atoms with Gasteiger partial charge < -0.3 is 25.9 Å². The lowest BCUT2D eigenvalue weighted by atomic mass is 10.0. The number of ether oxygens (including phenoxy) is 1. The highest BCUT2D eigenvalue weighted by atomic mass is 31.1. The Morgan fingerprint density at radius 1 is 1.34 bits per heavy atom. The number of nitrogens with two attached hydrogens (primary N) is 1. The second kappa shape index (κ2) is 8.85. The second-order valence-electron chi connectivity index (χ2n) is 7.26. The van der Waals surface area contributed by atoms with E-state index in [2.05, 4.69) is 9.97 Å². The van der Waals surface area contributed by atoms with Crippen molar-refractivity contribution in [2.45, 2.75) is 76.3 Å². The van der Waals surface area contributed by atoms with Gasteiger partial charge in [0.1, 0.15) is 24.6 Å². The number of hydrogen-bond donors (Lipinski definition) is 4. The number of nitrogen functional groups attached to an aromatic ring is 1. The monoisotopic (exact) mass is 429 g/mol. The van der Waals surface area contributed by atoms with E-state index in [1.807, 2.05) is 20.8 Å². The maximum Gasteiger partial charge on any atom is 0.511 e. The van der Waals surface area contributed by atoms with Crippen molar-refractivity contribution in [1.29, 1.82) is 0 Å². The van der Waals surface area contributed by atoms with Crippen LogP contribution in [0.4, 0.5) is 5.82 Å². The van der Waals surface area contributed by atoms with Crippen LogP contribution in [0.1, 0.15) is 46.3 Å². The predicted octanol–water partition coefficient (Wildman–Crippen LogP) is 0.884. The molecule has 29 heavy (non-hydrogen) atoms. The number of anilines is 1. The van der Waals surface area contributed by atoms with Gasteiger partial charge in [0, 0.05) is 6.42 Å². The third-order valence-electron chi connectivity index (χ3n) is 5.31. The number of imidazole rings is 1. The van der Waals surface area contributed by atoms with E-state index in [9.17, 15) is 20.0 Å². The average molecular weight is 429 g/mol. The molecule has 0 aromatic carbocycles. The fourth-order valence-electron chi connectivity index (χ4n) is 3.23. The van der Waals surface area contributed by atoms with E-state index in [0.29, 0.717) is 16.8 Å². The van der Waals surface area contributed by atoms with Gasteiger partial charge in [0.05, 0.1) is 6.10 Å². The highest BCUT2D eigenvalue weighted by molar-refractivity contribution is 7.40. The normalized spacial score (nSPS) is 27.3. The highest BCUT2D eigenvalue weighted by Gasteiger charge is 2.46. The van der Waals surface area contributed by atoms with E-state index in [1.165, 1.54) is 10.9 Å². The van der Waals surface area contributed by atoms with Gasteiger partial charge in [-0.1, -0.05) is 23.6 Å². The summed E-state index contributed by atoms with van der Waals surface area (Å²) < 4.78 is 25.9. The first-order valence-electron chi connectivity index (χ1n) is 9.65. The zero-order chi connectivity index (χ0) is 21.3. The zero-order valence-corrected chi connectivity index (χ0v) is 17.5. The summed E-state index contributed by atoms with van der Waals surface area (Å²) in [7, 11) is -1.83. The molecule has 1 aliphatic heterocycles. The van der Waals surface area contributed by atoms with Crippen LogP contribution in [0.3, 0.4) is 0 Å². The Balaban J connectivity index is 1.76. The lowest BCUT2D eigenvalue weighted by molar-refractivity contribution is -0.894. The van der Waals surface area contributed by atoms with E-state index in [1.54, 1.807) is 0 Å². The van der Waals surface area contributed by atoms with E-state index in [0.717, 1.165) is 12.7 Å². The SMILES string of the molecule is CCC(C[C@H]1O[C@H](n2cnc3c(N)[n+](O)cnc32)[C@H](O)[C@@H]1O)O[P+](=O)C(C)CC. The molecule has 0 bridgehead atoms. The first-order chi connectivity index (χ1) is 13.8. The van der Waals surface area contributed by atoms with Crippen LogP contribution in [0.2, 0.25) is 0 Å². The van der Waals surface area contributed by atoms with Crippen molar-refractivity contribution in [3.05, 3.63) is 12.7 Å².